The smallest absolute Gasteiger partial charge is 0.247 e. The molecule has 0 radical (unpaired) electrons. The first-order valence-electron chi connectivity index (χ1n) is 8.78. The van der Waals surface area contributed by atoms with E-state index < -0.39 is 5.54 Å². The molecule has 6 nitrogen and oxygen atoms in total. The number of carbonyl (C=O) groups is 1. The van der Waals surface area contributed by atoms with E-state index in [4.69, 9.17) is 4.52 Å². The third-order valence-corrected chi connectivity index (χ3v) is 4.80. The summed E-state index contributed by atoms with van der Waals surface area (Å²) in [6, 6.07) is 8.19. The molecule has 2 aromatic rings. The van der Waals surface area contributed by atoms with Crippen LogP contribution in [0.25, 0.3) is 0 Å². The maximum Gasteiger partial charge on any atom is 0.247 e. The largest absolute Gasteiger partial charge is 0.371 e. The Kier molecular flexibility index (Phi) is 5.27. The molecule has 1 fully saturated rings. The van der Waals surface area contributed by atoms with Gasteiger partial charge in [-0.2, -0.15) is 0 Å². The zero-order chi connectivity index (χ0) is 18.7. The Balaban J connectivity index is 1.73. The van der Waals surface area contributed by atoms with Crippen molar-refractivity contribution in [3.63, 3.8) is 0 Å². The SMILES string of the molecule is Cc1cc(CN2CCC(Nc3cccc(F)c3)(C(=O)N(C)C)CC2)no1. The van der Waals surface area contributed by atoms with Gasteiger partial charge in [-0.1, -0.05) is 11.2 Å². The van der Waals surface area contributed by atoms with Crippen molar-refractivity contribution in [2.75, 3.05) is 32.5 Å². The lowest BCUT2D eigenvalue weighted by atomic mass is 9.85. The van der Waals surface area contributed by atoms with Gasteiger partial charge in [0.2, 0.25) is 5.91 Å². The number of halogens is 1. The number of hydrogen-bond acceptors (Lipinski definition) is 5. The van der Waals surface area contributed by atoms with Crippen LogP contribution in [0, 0.1) is 12.7 Å². The Bertz CT molecular complexity index is 766. The van der Waals surface area contributed by atoms with E-state index in [0.29, 0.717) is 25.1 Å². The summed E-state index contributed by atoms with van der Waals surface area (Å²) in [4.78, 5) is 16.8. The molecule has 0 saturated carbocycles. The molecule has 7 heteroatoms. The number of anilines is 1. The first kappa shape index (κ1) is 18.4. The third kappa shape index (κ3) is 4.04. The van der Waals surface area contributed by atoms with Gasteiger partial charge >= 0.3 is 0 Å². The number of benzene rings is 1. The number of carbonyl (C=O) groups excluding carboxylic acids is 1. The monoisotopic (exact) mass is 360 g/mol. The molecule has 1 aromatic carbocycles. The average molecular weight is 360 g/mol. The number of nitrogens with one attached hydrogen (secondary N) is 1. The zero-order valence-corrected chi connectivity index (χ0v) is 15.5. The minimum Gasteiger partial charge on any atom is -0.371 e. The van der Waals surface area contributed by atoms with E-state index in [-0.39, 0.29) is 11.7 Å². The highest BCUT2D eigenvalue weighted by Gasteiger charge is 2.42. The third-order valence-electron chi connectivity index (χ3n) is 4.80. The van der Waals surface area contributed by atoms with Crippen molar-refractivity contribution in [3.8, 4) is 0 Å². The molecule has 0 unspecified atom stereocenters. The average Bonchev–Trinajstić information content (AvgIpc) is 3.01. The maximum atomic E-state index is 13.6. The van der Waals surface area contributed by atoms with E-state index in [1.807, 2.05) is 13.0 Å². The lowest BCUT2D eigenvalue weighted by molar-refractivity contribution is -0.135. The molecular weight excluding hydrogens is 335 g/mol. The number of likely N-dealkylation sites (N-methyl/N-ethyl adjacent to an activating group) is 1. The van der Waals surface area contributed by atoms with Gasteiger partial charge in [0.15, 0.2) is 0 Å². The fraction of sp³-hybridized carbons (Fsp3) is 0.474. The molecular formula is C19H25FN4O2. The number of rotatable bonds is 5. The molecule has 0 bridgehead atoms. The number of nitrogens with zero attached hydrogens (tertiary/aromatic N) is 3. The Hall–Kier alpha value is -2.41. The molecule has 140 valence electrons. The van der Waals surface area contributed by atoms with Gasteiger partial charge in [0, 0.05) is 45.5 Å². The van der Waals surface area contributed by atoms with Crippen LogP contribution in [0.5, 0.6) is 0 Å². The van der Waals surface area contributed by atoms with Crippen LogP contribution in [-0.2, 0) is 11.3 Å². The van der Waals surface area contributed by atoms with E-state index in [9.17, 15) is 9.18 Å². The molecule has 26 heavy (non-hydrogen) atoms. The van der Waals surface area contributed by atoms with Crippen LogP contribution in [0.1, 0.15) is 24.3 Å². The lowest BCUT2D eigenvalue weighted by Gasteiger charge is -2.42. The highest BCUT2D eigenvalue weighted by atomic mass is 19.1. The van der Waals surface area contributed by atoms with Crippen molar-refractivity contribution in [2.24, 2.45) is 0 Å². The summed E-state index contributed by atoms with van der Waals surface area (Å²) in [6.07, 6.45) is 1.27. The predicted molar refractivity (Wildman–Crippen MR) is 97.2 cm³/mol. The van der Waals surface area contributed by atoms with E-state index in [1.54, 1.807) is 31.1 Å². The molecule has 2 heterocycles. The van der Waals surface area contributed by atoms with Crippen molar-refractivity contribution < 1.29 is 13.7 Å². The number of hydrogen-bond donors (Lipinski definition) is 1. The Morgan fingerprint density at radius 3 is 2.65 bits per heavy atom. The van der Waals surface area contributed by atoms with E-state index in [2.05, 4.69) is 15.4 Å². The first-order valence-corrected chi connectivity index (χ1v) is 8.78. The van der Waals surface area contributed by atoms with Gasteiger partial charge < -0.3 is 14.7 Å². The molecule has 0 atom stereocenters. The molecule has 0 aliphatic carbocycles. The van der Waals surface area contributed by atoms with Crippen molar-refractivity contribution in [2.45, 2.75) is 31.8 Å². The topological polar surface area (TPSA) is 61.6 Å². The van der Waals surface area contributed by atoms with Crippen molar-refractivity contribution >= 4 is 11.6 Å². The second-order valence-corrected chi connectivity index (χ2v) is 7.12. The van der Waals surface area contributed by atoms with Crippen LogP contribution >= 0.6 is 0 Å². The molecule has 1 saturated heterocycles. The summed E-state index contributed by atoms with van der Waals surface area (Å²) in [6.45, 7) is 4.06. The number of amides is 1. The Labute approximate surface area is 152 Å². The molecule has 0 spiro atoms. The quantitative estimate of drug-likeness (QED) is 0.888. The van der Waals surface area contributed by atoms with Crippen molar-refractivity contribution in [1.29, 1.82) is 0 Å². The van der Waals surface area contributed by atoms with Gasteiger partial charge in [0.1, 0.15) is 17.1 Å². The highest BCUT2D eigenvalue weighted by Crippen LogP contribution is 2.30. The van der Waals surface area contributed by atoms with E-state index in [1.165, 1.54) is 12.1 Å². The van der Waals surface area contributed by atoms with Crippen molar-refractivity contribution in [3.05, 3.63) is 47.6 Å². The summed E-state index contributed by atoms with van der Waals surface area (Å²) in [5.74, 6) is 0.488. The number of likely N-dealkylation sites (tertiary alicyclic amines) is 1. The molecule has 1 aromatic heterocycles. The van der Waals surface area contributed by atoms with Crippen LogP contribution in [0.3, 0.4) is 0 Å². The van der Waals surface area contributed by atoms with Crippen LogP contribution in [0.2, 0.25) is 0 Å². The predicted octanol–water partition coefficient (Wildman–Crippen LogP) is 2.66. The van der Waals surface area contributed by atoms with E-state index >= 15 is 0 Å². The Morgan fingerprint density at radius 1 is 1.35 bits per heavy atom. The summed E-state index contributed by atoms with van der Waals surface area (Å²) in [7, 11) is 3.50. The molecule has 3 rings (SSSR count). The van der Waals surface area contributed by atoms with E-state index in [0.717, 1.165) is 24.5 Å². The standard InChI is InChI=1S/C19H25FN4O2/c1-14-11-17(22-26-14)13-24-9-7-19(8-10-24,18(25)23(2)3)21-16-6-4-5-15(20)12-16/h4-6,11-12,21H,7-10,13H2,1-3H3. The number of aryl methyl sites for hydroxylation is 1. The van der Waals surface area contributed by atoms with Gasteiger partial charge in [-0.25, -0.2) is 4.39 Å². The molecule has 1 amide bonds. The zero-order valence-electron chi connectivity index (χ0n) is 15.5. The first-order chi connectivity index (χ1) is 12.4. The second-order valence-electron chi connectivity index (χ2n) is 7.12. The summed E-state index contributed by atoms with van der Waals surface area (Å²) < 4.78 is 18.7. The minimum absolute atomic E-state index is 0.0127. The highest BCUT2D eigenvalue weighted by molar-refractivity contribution is 5.89. The molecule has 1 aliphatic heterocycles. The van der Waals surface area contributed by atoms with Crippen LogP contribution in [-0.4, -0.2) is 53.6 Å². The molecule has 1 aliphatic rings. The van der Waals surface area contributed by atoms with Gasteiger partial charge in [0.25, 0.3) is 0 Å². The van der Waals surface area contributed by atoms with Crippen molar-refractivity contribution in [1.82, 2.24) is 15.0 Å². The maximum absolute atomic E-state index is 13.6. The fourth-order valence-electron chi connectivity index (χ4n) is 3.48. The molecule has 1 N–H and O–H groups in total. The van der Waals surface area contributed by atoms with Gasteiger partial charge in [-0.05, 0) is 38.0 Å². The van der Waals surface area contributed by atoms with Crippen LogP contribution in [0.15, 0.2) is 34.9 Å². The number of piperidine rings is 1. The summed E-state index contributed by atoms with van der Waals surface area (Å²) >= 11 is 0. The number of aromatic nitrogens is 1. The fourth-order valence-corrected chi connectivity index (χ4v) is 3.48. The lowest BCUT2D eigenvalue weighted by Crippen LogP contribution is -2.57. The Morgan fingerprint density at radius 2 is 2.08 bits per heavy atom. The summed E-state index contributed by atoms with van der Waals surface area (Å²) in [5.41, 5.74) is 0.792. The van der Waals surface area contributed by atoms with Gasteiger partial charge in [-0.15, -0.1) is 0 Å². The van der Waals surface area contributed by atoms with Gasteiger partial charge in [0.05, 0.1) is 5.69 Å². The second kappa shape index (κ2) is 7.45. The van der Waals surface area contributed by atoms with Crippen LogP contribution in [0.4, 0.5) is 10.1 Å². The normalized spacial score (nSPS) is 17.1. The summed E-state index contributed by atoms with van der Waals surface area (Å²) in [5, 5.41) is 7.35. The van der Waals surface area contributed by atoms with Gasteiger partial charge in [-0.3, -0.25) is 9.69 Å². The van der Waals surface area contributed by atoms with Crippen LogP contribution < -0.4 is 5.32 Å². The minimum atomic E-state index is -0.729.